The van der Waals surface area contributed by atoms with E-state index in [1.54, 1.807) is 11.8 Å². The Balaban J connectivity index is 0.00000243. The van der Waals surface area contributed by atoms with E-state index in [-0.39, 0.29) is 42.1 Å². The van der Waals surface area contributed by atoms with Gasteiger partial charge < -0.3 is 20.1 Å². The maximum atomic E-state index is 12.9. The lowest BCUT2D eigenvalue weighted by molar-refractivity contribution is -0.138. The maximum absolute atomic E-state index is 12.9. The van der Waals surface area contributed by atoms with Gasteiger partial charge in [-0.05, 0) is 25.7 Å². The number of aryl methyl sites for hydroxylation is 1. The summed E-state index contributed by atoms with van der Waals surface area (Å²) < 4.78 is 5.05. The van der Waals surface area contributed by atoms with Gasteiger partial charge in [0.05, 0.1) is 5.92 Å². The summed E-state index contributed by atoms with van der Waals surface area (Å²) in [6.07, 6.45) is 3.20. The van der Waals surface area contributed by atoms with Gasteiger partial charge in [-0.15, -0.1) is 12.4 Å². The molecule has 0 unspecified atom stereocenters. The second kappa shape index (κ2) is 8.81. The molecular formula is C17H28ClN5O3. The van der Waals surface area contributed by atoms with Crippen LogP contribution in [0.1, 0.15) is 50.2 Å². The zero-order valence-electron chi connectivity index (χ0n) is 15.4. The van der Waals surface area contributed by atoms with Crippen LogP contribution in [-0.2, 0) is 9.59 Å². The number of carbonyl (C=O) groups is 2. The molecule has 2 aliphatic rings. The van der Waals surface area contributed by atoms with E-state index in [0.29, 0.717) is 32.1 Å². The van der Waals surface area contributed by atoms with Crippen molar-refractivity contribution in [1.29, 1.82) is 0 Å². The molecule has 0 bridgehead atoms. The van der Waals surface area contributed by atoms with Crippen molar-refractivity contribution in [3.63, 3.8) is 0 Å². The van der Waals surface area contributed by atoms with Gasteiger partial charge in [0.15, 0.2) is 5.82 Å². The van der Waals surface area contributed by atoms with E-state index >= 15 is 0 Å². The van der Waals surface area contributed by atoms with Crippen LogP contribution in [0.4, 0.5) is 0 Å². The fourth-order valence-electron chi connectivity index (χ4n) is 3.78. The van der Waals surface area contributed by atoms with Crippen molar-refractivity contribution in [3.8, 4) is 0 Å². The van der Waals surface area contributed by atoms with Crippen LogP contribution in [0, 0.1) is 12.8 Å². The smallest absolute Gasteiger partial charge is 0.227 e. The molecule has 2 aliphatic heterocycles. The molecule has 0 spiro atoms. The lowest BCUT2D eigenvalue weighted by Crippen LogP contribution is -2.45. The molecule has 1 aromatic rings. The molecule has 9 heteroatoms. The van der Waals surface area contributed by atoms with Gasteiger partial charge >= 0.3 is 0 Å². The summed E-state index contributed by atoms with van der Waals surface area (Å²) >= 11 is 0. The molecule has 0 saturated carbocycles. The van der Waals surface area contributed by atoms with Gasteiger partial charge in [-0.25, -0.2) is 0 Å². The van der Waals surface area contributed by atoms with Crippen molar-refractivity contribution >= 4 is 24.2 Å². The van der Waals surface area contributed by atoms with Crippen LogP contribution >= 0.6 is 12.4 Å². The number of halogens is 1. The van der Waals surface area contributed by atoms with E-state index in [4.69, 9.17) is 10.3 Å². The molecule has 0 radical (unpaired) electrons. The molecule has 2 atom stereocenters. The zero-order valence-corrected chi connectivity index (χ0v) is 16.2. The van der Waals surface area contributed by atoms with Crippen LogP contribution in [0.15, 0.2) is 4.52 Å². The van der Waals surface area contributed by atoms with Gasteiger partial charge in [-0.1, -0.05) is 5.16 Å². The van der Waals surface area contributed by atoms with Crippen molar-refractivity contribution in [1.82, 2.24) is 19.9 Å². The fraction of sp³-hybridized carbons (Fsp3) is 0.765. The molecule has 26 heavy (non-hydrogen) atoms. The van der Waals surface area contributed by atoms with Crippen molar-refractivity contribution in [2.45, 2.75) is 51.5 Å². The molecule has 2 N–H and O–H groups in total. The first-order valence-corrected chi connectivity index (χ1v) is 9.04. The number of piperidine rings is 1. The van der Waals surface area contributed by atoms with Crippen LogP contribution in [-0.4, -0.2) is 64.0 Å². The summed E-state index contributed by atoms with van der Waals surface area (Å²) in [6.45, 7) is 5.73. The average Bonchev–Trinajstić information content (AvgIpc) is 2.92. The molecule has 2 fully saturated rings. The minimum absolute atomic E-state index is 0. The van der Waals surface area contributed by atoms with E-state index in [2.05, 4.69) is 10.1 Å². The van der Waals surface area contributed by atoms with Crippen molar-refractivity contribution in [2.75, 3.05) is 26.2 Å². The summed E-state index contributed by atoms with van der Waals surface area (Å²) in [7, 11) is 0. The van der Waals surface area contributed by atoms with Gasteiger partial charge in [0.1, 0.15) is 0 Å². The molecule has 0 aliphatic carbocycles. The molecule has 0 aromatic carbocycles. The van der Waals surface area contributed by atoms with Crippen LogP contribution in [0.5, 0.6) is 0 Å². The standard InChI is InChI=1S/C17H27N5O3.ClH/c1-11-19-16(20-25-11)13-5-7-21(8-6-13)17(24)14-3-4-15(18)10-22(9-14)12(2)23;/h13-15H,3-10,18H2,1-2H3;1H/t14-,15+;/m1./s1. The van der Waals surface area contributed by atoms with E-state index in [0.717, 1.165) is 31.5 Å². The minimum Gasteiger partial charge on any atom is -0.342 e. The Bertz CT molecular complexity index is 630. The SMILES string of the molecule is CC(=O)N1C[C@@H](N)CC[C@@H](C(=O)N2CCC(c3noc(C)n3)CC2)C1.Cl. The highest BCUT2D eigenvalue weighted by Gasteiger charge is 2.33. The topological polar surface area (TPSA) is 106 Å². The zero-order chi connectivity index (χ0) is 18.0. The van der Waals surface area contributed by atoms with E-state index in [1.165, 1.54) is 6.92 Å². The Morgan fingerprint density at radius 3 is 2.38 bits per heavy atom. The molecule has 3 rings (SSSR count). The van der Waals surface area contributed by atoms with E-state index < -0.39 is 0 Å². The highest BCUT2D eigenvalue weighted by molar-refractivity contribution is 5.85. The summed E-state index contributed by atoms with van der Waals surface area (Å²) in [6, 6.07) is -0.0473. The van der Waals surface area contributed by atoms with Crippen molar-refractivity contribution in [2.24, 2.45) is 11.7 Å². The van der Waals surface area contributed by atoms with E-state index in [9.17, 15) is 9.59 Å². The van der Waals surface area contributed by atoms with Gasteiger partial charge in [0, 0.05) is 52.0 Å². The molecule has 2 saturated heterocycles. The minimum atomic E-state index is -0.151. The van der Waals surface area contributed by atoms with Crippen molar-refractivity contribution < 1.29 is 14.1 Å². The molecule has 8 nitrogen and oxygen atoms in total. The second-order valence-electron chi connectivity index (χ2n) is 7.23. The Labute approximate surface area is 159 Å². The highest BCUT2D eigenvalue weighted by atomic mass is 35.5. The molecule has 2 amide bonds. The number of hydrogen-bond donors (Lipinski definition) is 1. The summed E-state index contributed by atoms with van der Waals surface area (Å²) in [4.78, 5) is 32.6. The third kappa shape index (κ3) is 4.73. The van der Waals surface area contributed by atoms with Crippen LogP contribution < -0.4 is 5.73 Å². The lowest BCUT2D eigenvalue weighted by Gasteiger charge is -2.34. The quantitative estimate of drug-likeness (QED) is 0.816. The third-order valence-corrected chi connectivity index (χ3v) is 5.29. The van der Waals surface area contributed by atoms with Gasteiger partial charge in [0.25, 0.3) is 0 Å². The number of likely N-dealkylation sites (tertiary alicyclic amines) is 2. The highest BCUT2D eigenvalue weighted by Crippen LogP contribution is 2.28. The number of nitrogens with two attached hydrogens (primary N) is 1. The Kier molecular flexibility index (Phi) is 7.00. The predicted octanol–water partition coefficient (Wildman–Crippen LogP) is 1.09. The first kappa shape index (κ1) is 20.6. The Hall–Kier alpha value is -1.67. The Morgan fingerprint density at radius 1 is 1.12 bits per heavy atom. The van der Waals surface area contributed by atoms with Crippen LogP contribution in [0.2, 0.25) is 0 Å². The van der Waals surface area contributed by atoms with Gasteiger partial charge in [-0.3, -0.25) is 9.59 Å². The molecular weight excluding hydrogens is 358 g/mol. The van der Waals surface area contributed by atoms with Gasteiger partial charge in [-0.2, -0.15) is 4.98 Å². The van der Waals surface area contributed by atoms with Gasteiger partial charge in [0.2, 0.25) is 17.7 Å². The van der Waals surface area contributed by atoms with Crippen molar-refractivity contribution in [3.05, 3.63) is 11.7 Å². The number of aromatic nitrogens is 2. The van der Waals surface area contributed by atoms with E-state index in [1.807, 2.05) is 4.90 Å². The number of amides is 2. The van der Waals surface area contributed by atoms with Crippen LogP contribution in [0.3, 0.4) is 0 Å². The Morgan fingerprint density at radius 2 is 1.81 bits per heavy atom. The number of carbonyl (C=O) groups excluding carboxylic acids is 2. The first-order valence-electron chi connectivity index (χ1n) is 9.04. The average molecular weight is 386 g/mol. The number of hydrogen-bond acceptors (Lipinski definition) is 6. The summed E-state index contributed by atoms with van der Waals surface area (Å²) in [5, 5.41) is 4.00. The fourth-order valence-corrected chi connectivity index (χ4v) is 3.78. The molecule has 3 heterocycles. The predicted molar refractivity (Wildman–Crippen MR) is 97.8 cm³/mol. The normalized spacial score (nSPS) is 24.7. The van der Waals surface area contributed by atoms with Crippen LogP contribution in [0.25, 0.3) is 0 Å². The first-order chi connectivity index (χ1) is 11.9. The monoisotopic (exact) mass is 385 g/mol. The second-order valence-corrected chi connectivity index (χ2v) is 7.23. The molecule has 146 valence electrons. The number of rotatable bonds is 2. The number of nitrogens with zero attached hydrogens (tertiary/aromatic N) is 4. The maximum Gasteiger partial charge on any atom is 0.227 e. The third-order valence-electron chi connectivity index (χ3n) is 5.29. The summed E-state index contributed by atoms with van der Waals surface area (Å²) in [5.41, 5.74) is 6.05. The summed E-state index contributed by atoms with van der Waals surface area (Å²) in [5.74, 6) is 1.55. The lowest BCUT2D eigenvalue weighted by atomic mass is 9.94. The largest absolute Gasteiger partial charge is 0.342 e. The molecule has 1 aromatic heterocycles.